The number of nitrogens with zero attached hydrogens (tertiary/aromatic N) is 2. The standard InChI is InChI=1S/C23H29N5O.ClH/c1-14-7-6-8-15(2)19(14)12-24-20-11-18(27-22(29)23(5)9-10-25-23)13-28-17(4)16(3)26-21(20)28;/h6-8,11,13,24-25H,9-10,12H2,1-5H3,(H,27,29);1H/t23-;/m1./s1. The Labute approximate surface area is 183 Å². The largest absolute Gasteiger partial charge is 0.378 e. The van der Waals surface area contributed by atoms with Gasteiger partial charge < -0.3 is 20.4 Å². The van der Waals surface area contributed by atoms with Crippen LogP contribution in [0.25, 0.3) is 5.65 Å². The molecule has 3 N–H and O–H groups in total. The summed E-state index contributed by atoms with van der Waals surface area (Å²) in [5.74, 6) is -0.00158. The van der Waals surface area contributed by atoms with E-state index in [9.17, 15) is 4.79 Å². The highest BCUT2D eigenvalue weighted by atomic mass is 35.5. The van der Waals surface area contributed by atoms with Crippen molar-refractivity contribution in [1.29, 1.82) is 0 Å². The first-order valence-electron chi connectivity index (χ1n) is 10.1. The molecule has 1 aliphatic heterocycles. The average molecular weight is 428 g/mol. The van der Waals surface area contributed by atoms with Crippen LogP contribution in [-0.4, -0.2) is 27.4 Å². The first kappa shape index (κ1) is 22.1. The van der Waals surface area contributed by atoms with Crippen molar-refractivity contribution in [2.24, 2.45) is 0 Å². The number of carbonyl (C=O) groups is 1. The second-order valence-electron chi connectivity index (χ2n) is 8.31. The van der Waals surface area contributed by atoms with Crippen molar-refractivity contribution >= 4 is 35.3 Å². The second kappa shape index (κ2) is 8.28. The van der Waals surface area contributed by atoms with Crippen molar-refractivity contribution in [3.63, 3.8) is 0 Å². The number of benzene rings is 1. The predicted molar refractivity (Wildman–Crippen MR) is 125 cm³/mol. The number of rotatable bonds is 5. The van der Waals surface area contributed by atoms with Gasteiger partial charge in [-0.1, -0.05) is 18.2 Å². The van der Waals surface area contributed by atoms with Crippen LogP contribution in [0.15, 0.2) is 30.5 Å². The molecule has 0 saturated carbocycles. The number of aromatic nitrogens is 2. The summed E-state index contributed by atoms with van der Waals surface area (Å²) in [7, 11) is 0. The van der Waals surface area contributed by atoms with Gasteiger partial charge in [-0.2, -0.15) is 0 Å². The molecule has 160 valence electrons. The molecule has 30 heavy (non-hydrogen) atoms. The van der Waals surface area contributed by atoms with Gasteiger partial charge in [-0.15, -0.1) is 12.4 Å². The maximum atomic E-state index is 12.7. The lowest BCUT2D eigenvalue weighted by atomic mass is 9.89. The number of hydrogen-bond donors (Lipinski definition) is 3. The monoisotopic (exact) mass is 427 g/mol. The molecule has 6 nitrogen and oxygen atoms in total. The van der Waals surface area contributed by atoms with Crippen LogP contribution in [0.1, 0.15) is 41.4 Å². The summed E-state index contributed by atoms with van der Waals surface area (Å²) >= 11 is 0. The number of hydrogen-bond acceptors (Lipinski definition) is 4. The Kier molecular flexibility index (Phi) is 6.11. The van der Waals surface area contributed by atoms with E-state index in [1.54, 1.807) is 0 Å². The van der Waals surface area contributed by atoms with E-state index in [1.807, 2.05) is 33.0 Å². The minimum Gasteiger partial charge on any atom is -0.378 e. The van der Waals surface area contributed by atoms with Crippen LogP contribution in [0.3, 0.4) is 0 Å². The Morgan fingerprint density at radius 2 is 1.90 bits per heavy atom. The van der Waals surface area contributed by atoms with Crippen molar-refractivity contribution in [1.82, 2.24) is 14.7 Å². The Balaban J connectivity index is 0.00000256. The smallest absolute Gasteiger partial charge is 0.244 e. The van der Waals surface area contributed by atoms with E-state index in [-0.39, 0.29) is 18.3 Å². The third kappa shape index (κ3) is 3.89. The molecule has 0 bridgehead atoms. The zero-order valence-corrected chi connectivity index (χ0v) is 19.0. The minimum atomic E-state index is -0.485. The second-order valence-corrected chi connectivity index (χ2v) is 8.31. The van der Waals surface area contributed by atoms with Gasteiger partial charge in [0.1, 0.15) is 0 Å². The molecule has 2 aromatic heterocycles. The molecule has 1 fully saturated rings. The summed E-state index contributed by atoms with van der Waals surface area (Å²) in [6, 6.07) is 8.33. The minimum absolute atomic E-state index is 0. The summed E-state index contributed by atoms with van der Waals surface area (Å²) in [4.78, 5) is 17.4. The Morgan fingerprint density at radius 3 is 2.50 bits per heavy atom. The molecule has 1 atom stereocenters. The van der Waals surface area contributed by atoms with Gasteiger partial charge >= 0.3 is 0 Å². The molecule has 7 heteroatoms. The third-order valence-corrected chi connectivity index (χ3v) is 6.19. The lowest BCUT2D eigenvalue weighted by Gasteiger charge is -2.38. The molecule has 1 saturated heterocycles. The van der Waals surface area contributed by atoms with Crippen LogP contribution in [-0.2, 0) is 11.3 Å². The number of pyridine rings is 1. The van der Waals surface area contributed by atoms with Crippen molar-refractivity contribution in [2.45, 2.75) is 53.1 Å². The fourth-order valence-corrected chi connectivity index (χ4v) is 3.84. The summed E-state index contributed by atoms with van der Waals surface area (Å²) < 4.78 is 2.05. The number of amides is 1. The zero-order chi connectivity index (χ0) is 20.8. The van der Waals surface area contributed by atoms with E-state index < -0.39 is 5.54 Å². The van der Waals surface area contributed by atoms with E-state index in [0.29, 0.717) is 6.54 Å². The molecule has 3 heterocycles. The van der Waals surface area contributed by atoms with Crippen LogP contribution in [0, 0.1) is 27.7 Å². The third-order valence-electron chi connectivity index (χ3n) is 6.19. The lowest BCUT2D eigenvalue weighted by molar-refractivity contribution is -0.124. The Morgan fingerprint density at radius 1 is 1.23 bits per heavy atom. The van der Waals surface area contributed by atoms with Crippen molar-refractivity contribution in [3.05, 3.63) is 58.5 Å². The highest BCUT2D eigenvalue weighted by Gasteiger charge is 2.38. The van der Waals surface area contributed by atoms with E-state index in [0.717, 1.165) is 41.4 Å². The maximum Gasteiger partial charge on any atom is 0.244 e. The van der Waals surface area contributed by atoms with Gasteiger partial charge in [0.15, 0.2) is 5.65 Å². The van der Waals surface area contributed by atoms with Crippen LogP contribution >= 0.6 is 12.4 Å². The normalized spacial score (nSPS) is 17.9. The first-order valence-corrected chi connectivity index (χ1v) is 10.1. The van der Waals surface area contributed by atoms with Crippen LogP contribution < -0.4 is 16.0 Å². The molecule has 0 unspecified atom stereocenters. The molecule has 3 aromatic rings. The number of imidazole rings is 1. The molecule has 4 rings (SSSR count). The van der Waals surface area contributed by atoms with E-state index >= 15 is 0 Å². The molecule has 0 spiro atoms. The zero-order valence-electron chi connectivity index (χ0n) is 18.2. The molecular weight excluding hydrogens is 398 g/mol. The number of fused-ring (bicyclic) bond motifs is 1. The van der Waals surface area contributed by atoms with Crippen LogP contribution in [0.4, 0.5) is 11.4 Å². The van der Waals surface area contributed by atoms with E-state index in [1.165, 1.54) is 16.7 Å². The molecule has 1 amide bonds. The number of anilines is 2. The van der Waals surface area contributed by atoms with Crippen molar-refractivity contribution < 1.29 is 4.79 Å². The fourth-order valence-electron chi connectivity index (χ4n) is 3.84. The van der Waals surface area contributed by atoms with Gasteiger partial charge in [-0.05, 0) is 70.3 Å². The maximum absolute atomic E-state index is 12.7. The van der Waals surface area contributed by atoms with Crippen molar-refractivity contribution in [2.75, 3.05) is 17.2 Å². The Bertz CT molecular complexity index is 1080. The highest BCUT2D eigenvalue weighted by molar-refractivity contribution is 5.99. The van der Waals surface area contributed by atoms with Crippen LogP contribution in [0.5, 0.6) is 0 Å². The Hall–Kier alpha value is -2.57. The molecular formula is C23H30ClN5O. The van der Waals surface area contributed by atoms with Crippen LogP contribution in [0.2, 0.25) is 0 Å². The molecule has 0 radical (unpaired) electrons. The van der Waals surface area contributed by atoms with Gasteiger partial charge in [0, 0.05) is 18.4 Å². The van der Waals surface area contributed by atoms with Gasteiger partial charge in [0.2, 0.25) is 5.91 Å². The lowest BCUT2D eigenvalue weighted by Crippen LogP contribution is -2.61. The quantitative estimate of drug-likeness (QED) is 0.568. The summed E-state index contributed by atoms with van der Waals surface area (Å²) in [6.07, 6.45) is 2.80. The van der Waals surface area contributed by atoms with Gasteiger partial charge in [-0.25, -0.2) is 4.98 Å². The summed E-state index contributed by atoms with van der Waals surface area (Å²) in [5.41, 5.74) is 7.92. The fraction of sp³-hybridized carbons (Fsp3) is 0.391. The average Bonchev–Trinajstić information content (AvgIpc) is 2.94. The SMILES string of the molecule is Cc1cccc(C)c1CNc1cc(NC(=O)[C@@]2(C)CCN2)cn2c(C)c(C)nc12.Cl. The topological polar surface area (TPSA) is 70.5 Å². The number of aryl methyl sites for hydroxylation is 4. The number of nitrogens with one attached hydrogen (secondary N) is 3. The molecule has 0 aliphatic carbocycles. The van der Waals surface area contributed by atoms with Gasteiger partial charge in [-0.3, -0.25) is 4.79 Å². The number of halogens is 1. The number of carbonyl (C=O) groups excluding carboxylic acids is 1. The first-order chi connectivity index (χ1) is 13.8. The van der Waals surface area contributed by atoms with E-state index in [2.05, 4.69) is 52.4 Å². The molecule has 1 aliphatic rings. The summed E-state index contributed by atoms with van der Waals surface area (Å²) in [5, 5.41) is 9.86. The molecule has 1 aromatic carbocycles. The van der Waals surface area contributed by atoms with Gasteiger partial charge in [0.25, 0.3) is 0 Å². The summed E-state index contributed by atoms with van der Waals surface area (Å²) in [6.45, 7) is 11.8. The highest BCUT2D eigenvalue weighted by Crippen LogP contribution is 2.27. The predicted octanol–water partition coefficient (Wildman–Crippen LogP) is 4.29. The van der Waals surface area contributed by atoms with Crippen molar-refractivity contribution in [3.8, 4) is 0 Å². The van der Waals surface area contributed by atoms with E-state index in [4.69, 9.17) is 4.98 Å². The van der Waals surface area contributed by atoms with Gasteiger partial charge in [0.05, 0.1) is 22.6 Å².